The van der Waals surface area contributed by atoms with Crippen LogP contribution in [0.4, 0.5) is 11.4 Å². The quantitative estimate of drug-likeness (QED) is 0.378. The normalized spacial score (nSPS) is 8.40. The van der Waals surface area contributed by atoms with Gasteiger partial charge in [-0.25, -0.2) is 0 Å². The molecule has 0 amide bonds. The van der Waals surface area contributed by atoms with Gasteiger partial charge in [0.25, 0.3) is 0 Å². The fourth-order valence-corrected chi connectivity index (χ4v) is 0.752. The van der Waals surface area contributed by atoms with Crippen LogP contribution in [-0.2, 0) is 0 Å². The number of benzene rings is 1. The van der Waals surface area contributed by atoms with Crippen LogP contribution in [0, 0.1) is 0 Å². The number of hydrogen-bond acceptors (Lipinski definition) is 3. The van der Waals surface area contributed by atoms with Crippen LogP contribution in [0.2, 0.25) is 0 Å². The van der Waals surface area contributed by atoms with E-state index in [-0.39, 0.29) is 0 Å². The van der Waals surface area contributed by atoms with Gasteiger partial charge in [-0.3, -0.25) is 0 Å². The summed E-state index contributed by atoms with van der Waals surface area (Å²) in [6.45, 7) is 0. The van der Waals surface area contributed by atoms with E-state index in [1.807, 2.05) is 12.1 Å². The number of rotatable bonds is 1. The molecule has 0 aliphatic carbocycles. The Hall–Kier alpha value is -1.18. The minimum absolute atomic E-state index is 0.687. The minimum Gasteiger partial charge on any atom is -0.399 e. The van der Waals surface area contributed by atoms with Crippen molar-refractivity contribution in [3.8, 4) is 0 Å². The Kier molecular flexibility index (Phi) is 2.15. The van der Waals surface area contributed by atoms with Crippen LogP contribution < -0.4 is 5.73 Å². The number of nitrogen functional groups attached to an aromatic ring is 1. The van der Waals surface area contributed by atoms with Crippen molar-refractivity contribution in [2.75, 3.05) is 5.73 Å². The lowest BCUT2D eigenvalue weighted by molar-refractivity contribution is 1.55. The Morgan fingerprint density at radius 1 is 1.50 bits per heavy atom. The molecule has 2 nitrogen and oxygen atoms in total. The molecule has 0 radical (unpaired) electrons. The van der Waals surface area contributed by atoms with Crippen LogP contribution in [0.25, 0.3) is 0 Å². The summed E-state index contributed by atoms with van der Waals surface area (Å²) in [5.74, 6) is 0. The van der Waals surface area contributed by atoms with Gasteiger partial charge in [-0.15, -0.1) is 0 Å². The van der Waals surface area contributed by atoms with E-state index in [4.69, 9.17) is 5.73 Å². The highest BCUT2D eigenvalue weighted by atomic mass is 32.1. The molecule has 0 saturated carbocycles. The molecular weight excluding hydrogens is 144 g/mol. The highest BCUT2D eigenvalue weighted by molar-refractivity contribution is 7.78. The molecule has 0 bridgehead atoms. The van der Waals surface area contributed by atoms with Gasteiger partial charge in [0.15, 0.2) is 0 Å². The zero-order valence-corrected chi connectivity index (χ0v) is 6.06. The molecule has 10 heavy (non-hydrogen) atoms. The molecule has 0 fully saturated rings. The zero-order valence-electron chi connectivity index (χ0n) is 5.24. The number of thiocarbonyl (C=S) groups is 1. The molecule has 0 saturated heterocycles. The van der Waals surface area contributed by atoms with Gasteiger partial charge in [0.2, 0.25) is 0 Å². The van der Waals surface area contributed by atoms with E-state index in [1.165, 1.54) is 0 Å². The van der Waals surface area contributed by atoms with Crippen LogP contribution in [0.5, 0.6) is 0 Å². The molecule has 0 heterocycles. The van der Waals surface area contributed by atoms with E-state index < -0.39 is 0 Å². The lowest BCUT2D eigenvalue weighted by Crippen LogP contribution is -1.80. The summed E-state index contributed by atoms with van der Waals surface area (Å²) in [5.41, 5.74) is 6.90. The average molecular weight is 150 g/mol. The summed E-state index contributed by atoms with van der Waals surface area (Å²) in [6, 6.07) is 7.16. The third kappa shape index (κ3) is 1.65. The second-order valence-electron chi connectivity index (χ2n) is 1.80. The Labute approximate surface area is 64.4 Å². The molecule has 3 heteroatoms. The van der Waals surface area contributed by atoms with Crippen LogP contribution in [0.3, 0.4) is 0 Å². The molecular formula is C7H6N2S. The highest BCUT2D eigenvalue weighted by Gasteiger charge is 1.86. The van der Waals surface area contributed by atoms with Crippen molar-refractivity contribution in [3.63, 3.8) is 0 Å². The summed E-state index contributed by atoms with van der Waals surface area (Å²) in [5, 5.41) is 2.26. The second kappa shape index (κ2) is 3.11. The van der Waals surface area contributed by atoms with Crippen molar-refractivity contribution in [1.29, 1.82) is 0 Å². The van der Waals surface area contributed by atoms with Crippen molar-refractivity contribution in [3.05, 3.63) is 24.3 Å². The molecule has 0 aromatic heterocycles. The Balaban J connectivity index is 3.06. The van der Waals surface area contributed by atoms with Gasteiger partial charge in [0.1, 0.15) is 0 Å². The number of anilines is 1. The van der Waals surface area contributed by atoms with Crippen LogP contribution in [-0.4, -0.2) is 5.16 Å². The Morgan fingerprint density at radius 2 is 2.30 bits per heavy atom. The zero-order chi connectivity index (χ0) is 7.40. The van der Waals surface area contributed by atoms with Gasteiger partial charge < -0.3 is 5.73 Å². The fraction of sp³-hybridized carbons (Fsp3) is 0. The Bertz CT molecular complexity index is 277. The standard InChI is InChI=1S/C7H6N2S/c8-6-2-1-3-7(4-6)9-5-10/h1-4H,8H2. The maximum atomic E-state index is 5.47. The van der Waals surface area contributed by atoms with Gasteiger partial charge >= 0.3 is 0 Å². The summed E-state index contributed by atoms with van der Waals surface area (Å²) in [6.07, 6.45) is 0. The van der Waals surface area contributed by atoms with E-state index in [0.717, 1.165) is 5.69 Å². The fourth-order valence-electron chi connectivity index (χ4n) is 0.647. The third-order valence-electron chi connectivity index (χ3n) is 1.04. The van der Waals surface area contributed by atoms with Crippen molar-refractivity contribution in [2.24, 2.45) is 4.99 Å². The smallest absolute Gasteiger partial charge is 0.0760 e. The molecule has 0 atom stereocenters. The largest absolute Gasteiger partial charge is 0.399 e. The molecule has 2 N–H and O–H groups in total. The SMILES string of the molecule is Nc1cccc(N=C=S)c1. The minimum atomic E-state index is 0.687. The maximum absolute atomic E-state index is 5.47. The van der Waals surface area contributed by atoms with Crippen molar-refractivity contribution in [1.82, 2.24) is 0 Å². The number of hydrogen-bond donors (Lipinski definition) is 1. The van der Waals surface area contributed by atoms with Gasteiger partial charge in [-0.2, -0.15) is 4.99 Å². The molecule has 0 aliphatic heterocycles. The first-order valence-electron chi connectivity index (χ1n) is 2.76. The summed E-state index contributed by atoms with van der Waals surface area (Å²) in [4.78, 5) is 3.75. The number of isothiocyanates is 1. The molecule has 0 aliphatic rings. The van der Waals surface area contributed by atoms with Crippen molar-refractivity contribution >= 4 is 28.8 Å². The molecule has 50 valence electrons. The van der Waals surface area contributed by atoms with Crippen molar-refractivity contribution in [2.45, 2.75) is 0 Å². The van der Waals surface area contributed by atoms with E-state index in [2.05, 4.69) is 22.4 Å². The molecule has 0 spiro atoms. The monoisotopic (exact) mass is 150 g/mol. The molecule has 0 unspecified atom stereocenters. The molecule has 1 rings (SSSR count). The van der Waals surface area contributed by atoms with Crippen LogP contribution in [0.15, 0.2) is 29.3 Å². The first-order chi connectivity index (χ1) is 4.83. The topological polar surface area (TPSA) is 38.4 Å². The predicted molar refractivity (Wildman–Crippen MR) is 45.5 cm³/mol. The van der Waals surface area contributed by atoms with Gasteiger partial charge in [-0.05, 0) is 30.4 Å². The number of nitrogens with two attached hydrogens (primary N) is 1. The lowest BCUT2D eigenvalue weighted by Gasteiger charge is -1.91. The lowest BCUT2D eigenvalue weighted by atomic mass is 10.3. The predicted octanol–water partition coefficient (Wildman–Crippen LogP) is 2.00. The summed E-state index contributed by atoms with van der Waals surface area (Å²) >= 11 is 4.42. The highest BCUT2D eigenvalue weighted by Crippen LogP contribution is 2.13. The Morgan fingerprint density at radius 3 is 2.90 bits per heavy atom. The number of nitrogens with zero attached hydrogens (tertiary/aromatic N) is 1. The maximum Gasteiger partial charge on any atom is 0.0760 e. The molecule has 1 aromatic rings. The van der Waals surface area contributed by atoms with E-state index in [1.54, 1.807) is 12.1 Å². The van der Waals surface area contributed by atoms with E-state index in [9.17, 15) is 0 Å². The van der Waals surface area contributed by atoms with E-state index >= 15 is 0 Å². The van der Waals surface area contributed by atoms with Gasteiger partial charge in [0.05, 0.1) is 10.8 Å². The van der Waals surface area contributed by atoms with Crippen LogP contribution >= 0.6 is 12.2 Å². The first-order valence-corrected chi connectivity index (χ1v) is 3.17. The molecule has 1 aromatic carbocycles. The van der Waals surface area contributed by atoms with Gasteiger partial charge in [-0.1, -0.05) is 6.07 Å². The van der Waals surface area contributed by atoms with Gasteiger partial charge in [0, 0.05) is 5.69 Å². The summed E-state index contributed by atoms with van der Waals surface area (Å²) < 4.78 is 0. The second-order valence-corrected chi connectivity index (χ2v) is 1.98. The van der Waals surface area contributed by atoms with Crippen molar-refractivity contribution < 1.29 is 0 Å². The third-order valence-corrected chi connectivity index (χ3v) is 1.14. The average Bonchev–Trinajstić information content (AvgIpc) is 1.88. The van der Waals surface area contributed by atoms with E-state index in [0.29, 0.717) is 5.69 Å². The van der Waals surface area contributed by atoms with Crippen LogP contribution in [0.1, 0.15) is 0 Å². The summed E-state index contributed by atoms with van der Waals surface area (Å²) in [7, 11) is 0. The first kappa shape index (κ1) is 6.93. The number of aliphatic imine (C=N–C) groups is 1.